The summed E-state index contributed by atoms with van der Waals surface area (Å²) in [4.78, 5) is 20.9. The number of hydrogen-bond acceptors (Lipinski definition) is 5. The summed E-state index contributed by atoms with van der Waals surface area (Å²) in [6.07, 6.45) is 0. The Hall–Kier alpha value is -0.890. The normalized spacial score (nSPS) is 15.6. The Bertz CT molecular complexity index is 638. The van der Waals surface area contributed by atoms with Crippen molar-refractivity contribution in [1.82, 2.24) is 14.8 Å². The Balaban J connectivity index is 0.00000176. The van der Waals surface area contributed by atoms with Crippen LogP contribution in [0.2, 0.25) is 0 Å². The third-order valence-corrected chi connectivity index (χ3v) is 4.85. The van der Waals surface area contributed by atoms with Crippen molar-refractivity contribution in [2.75, 3.05) is 26.2 Å². The molecule has 0 N–H and O–H groups in total. The first kappa shape index (κ1) is 17.5. The zero-order valence-electron chi connectivity index (χ0n) is 12.1. The van der Waals surface area contributed by atoms with Gasteiger partial charge in [-0.3, -0.25) is 9.69 Å². The third-order valence-electron chi connectivity index (χ3n) is 3.47. The zero-order valence-corrected chi connectivity index (χ0v) is 15.3. The van der Waals surface area contributed by atoms with E-state index in [1.165, 1.54) is 0 Å². The predicted octanol–water partition coefficient (Wildman–Crippen LogP) is 3.19. The van der Waals surface area contributed by atoms with Crippen LogP contribution in [0.3, 0.4) is 0 Å². The van der Waals surface area contributed by atoms with Crippen LogP contribution < -0.4 is 0 Å². The molecule has 0 saturated carbocycles. The van der Waals surface area contributed by atoms with E-state index in [0.29, 0.717) is 10.4 Å². The van der Waals surface area contributed by atoms with Crippen molar-refractivity contribution in [3.05, 3.63) is 38.6 Å². The molecule has 5 nitrogen and oxygen atoms in total. The lowest BCUT2D eigenvalue weighted by atomic mass is 10.3. The van der Waals surface area contributed by atoms with Gasteiger partial charge in [-0.2, -0.15) is 0 Å². The van der Waals surface area contributed by atoms with Crippen LogP contribution in [0.15, 0.2) is 26.6 Å². The lowest BCUT2D eigenvalue weighted by molar-refractivity contribution is 0.0596. The molecule has 2 aromatic rings. The maximum atomic E-state index is 12.3. The van der Waals surface area contributed by atoms with Crippen LogP contribution in [-0.4, -0.2) is 46.9 Å². The fraction of sp³-hybridized carbons (Fsp3) is 0.429. The van der Waals surface area contributed by atoms with Crippen LogP contribution in [0.5, 0.6) is 0 Å². The second-order valence-electron chi connectivity index (χ2n) is 5.05. The molecular weight excluding hydrogens is 390 g/mol. The summed E-state index contributed by atoms with van der Waals surface area (Å²) in [6, 6.07) is 3.45. The van der Waals surface area contributed by atoms with E-state index < -0.39 is 0 Å². The van der Waals surface area contributed by atoms with E-state index in [2.05, 4.69) is 31.2 Å². The van der Waals surface area contributed by atoms with Gasteiger partial charge in [0.2, 0.25) is 0 Å². The Morgan fingerprint density at radius 2 is 2.09 bits per heavy atom. The quantitative estimate of drug-likeness (QED) is 0.785. The number of hydrogen-bond donors (Lipinski definition) is 0. The molecule has 3 heterocycles. The molecule has 3 rings (SSSR count). The number of thiazole rings is 1. The molecule has 2 aromatic heterocycles. The average molecular weight is 407 g/mol. The molecule has 0 aromatic carbocycles. The molecule has 1 amide bonds. The molecule has 0 spiro atoms. The Morgan fingerprint density at radius 1 is 1.36 bits per heavy atom. The van der Waals surface area contributed by atoms with Crippen LogP contribution in [0.4, 0.5) is 0 Å². The van der Waals surface area contributed by atoms with E-state index in [1.807, 2.05) is 11.8 Å². The number of aromatic nitrogens is 1. The maximum absolute atomic E-state index is 12.3. The van der Waals surface area contributed by atoms with Crippen molar-refractivity contribution in [3.8, 4) is 0 Å². The Morgan fingerprint density at radius 3 is 2.64 bits per heavy atom. The fourth-order valence-corrected chi connectivity index (χ4v) is 3.48. The van der Waals surface area contributed by atoms with Gasteiger partial charge in [0.05, 0.1) is 6.54 Å². The molecule has 22 heavy (non-hydrogen) atoms. The number of aryl methyl sites for hydroxylation is 1. The molecule has 0 bridgehead atoms. The van der Waals surface area contributed by atoms with Crippen molar-refractivity contribution in [3.63, 3.8) is 0 Å². The second kappa shape index (κ2) is 7.59. The van der Waals surface area contributed by atoms with Gasteiger partial charge < -0.3 is 9.32 Å². The fourth-order valence-electron chi connectivity index (χ4n) is 2.36. The van der Waals surface area contributed by atoms with Gasteiger partial charge >= 0.3 is 0 Å². The molecule has 0 unspecified atom stereocenters. The summed E-state index contributed by atoms with van der Waals surface area (Å²) in [5.41, 5.74) is 1.08. The molecule has 8 heteroatoms. The van der Waals surface area contributed by atoms with E-state index in [0.717, 1.165) is 43.4 Å². The van der Waals surface area contributed by atoms with Crippen molar-refractivity contribution in [2.24, 2.45) is 0 Å². The van der Waals surface area contributed by atoms with Crippen LogP contribution in [0.1, 0.15) is 21.3 Å². The van der Waals surface area contributed by atoms with Crippen LogP contribution in [0, 0.1) is 6.92 Å². The number of nitrogens with zero attached hydrogens (tertiary/aromatic N) is 3. The molecule has 0 atom stereocenters. The SMILES string of the molecule is Cc1csc(CN2CCN(C(=O)c3ccc(Br)o3)CC2)n1.Cl. The lowest BCUT2D eigenvalue weighted by Crippen LogP contribution is -2.48. The van der Waals surface area contributed by atoms with Gasteiger partial charge in [0.1, 0.15) is 5.01 Å². The van der Waals surface area contributed by atoms with Gasteiger partial charge in [-0.1, -0.05) is 0 Å². The first-order valence-electron chi connectivity index (χ1n) is 6.80. The van der Waals surface area contributed by atoms with E-state index >= 15 is 0 Å². The third kappa shape index (κ3) is 4.10. The van der Waals surface area contributed by atoms with E-state index in [9.17, 15) is 4.79 Å². The highest BCUT2D eigenvalue weighted by atomic mass is 79.9. The molecular formula is C14H17BrClN3O2S. The Labute approximate surface area is 147 Å². The maximum Gasteiger partial charge on any atom is 0.289 e. The minimum Gasteiger partial charge on any atom is -0.444 e. The summed E-state index contributed by atoms with van der Waals surface area (Å²) in [5, 5.41) is 3.21. The summed E-state index contributed by atoms with van der Waals surface area (Å²) in [7, 11) is 0. The van der Waals surface area contributed by atoms with Crippen LogP contribution in [0.25, 0.3) is 0 Å². The largest absolute Gasteiger partial charge is 0.444 e. The highest BCUT2D eigenvalue weighted by Crippen LogP contribution is 2.18. The first-order valence-corrected chi connectivity index (χ1v) is 8.47. The number of carbonyl (C=O) groups excluding carboxylic acids is 1. The average Bonchev–Trinajstić information content (AvgIpc) is 3.08. The van der Waals surface area contributed by atoms with Crippen LogP contribution in [-0.2, 0) is 6.54 Å². The van der Waals surface area contributed by atoms with E-state index in [1.54, 1.807) is 23.5 Å². The van der Waals surface area contributed by atoms with Crippen LogP contribution >= 0.6 is 39.7 Å². The molecule has 1 fully saturated rings. The highest BCUT2D eigenvalue weighted by Gasteiger charge is 2.24. The van der Waals surface area contributed by atoms with Gasteiger partial charge in [-0.25, -0.2) is 4.98 Å². The first-order chi connectivity index (χ1) is 10.1. The molecule has 120 valence electrons. The molecule has 1 aliphatic heterocycles. The lowest BCUT2D eigenvalue weighted by Gasteiger charge is -2.33. The second-order valence-corrected chi connectivity index (χ2v) is 6.78. The minimum absolute atomic E-state index is 0. The van der Waals surface area contributed by atoms with Crippen molar-refractivity contribution in [1.29, 1.82) is 0 Å². The standard InChI is InChI=1S/C14H16BrN3O2S.ClH/c1-10-9-21-13(16-10)8-17-4-6-18(7-5-17)14(19)11-2-3-12(15)20-11;/h2-3,9H,4-8H2,1H3;1H. The van der Waals surface area contributed by atoms with Gasteiger partial charge in [0.15, 0.2) is 10.4 Å². The zero-order chi connectivity index (χ0) is 14.8. The number of amides is 1. The van der Waals surface area contributed by atoms with Gasteiger partial charge in [-0.05, 0) is 35.0 Å². The number of furan rings is 1. The Kier molecular flexibility index (Phi) is 6.02. The van der Waals surface area contributed by atoms with E-state index in [-0.39, 0.29) is 18.3 Å². The topological polar surface area (TPSA) is 49.6 Å². The molecule has 0 radical (unpaired) electrons. The van der Waals surface area contributed by atoms with Gasteiger partial charge in [0, 0.05) is 37.3 Å². The summed E-state index contributed by atoms with van der Waals surface area (Å²) < 4.78 is 5.91. The number of piperazine rings is 1. The molecule has 0 aliphatic carbocycles. The summed E-state index contributed by atoms with van der Waals surface area (Å²) in [5.74, 6) is 0.358. The van der Waals surface area contributed by atoms with Gasteiger partial charge in [0.25, 0.3) is 5.91 Å². The number of rotatable bonds is 3. The minimum atomic E-state index is -0.0366. The van der Waals surface area contributed by atoms with Gasteiger partial charge in [-0.15, -0.1) is 23.7 Å². The van der Waals surface area contributed by atoms with Crippen molar-refractivity contribution >= 4 is 45.6 Å². The molecule has 1 aliphatic rings. The smallest absolute Gasteiger partial charge is 0.289 e. The monoisotopic (exact) mass is 405 g/mol. The summed E-state index contributed by atoms with van der Waals surface area (Å²) >= 11 is 4.92. The highest BCUT2D eigenvalue weighted by molar-refractivity contribution is 9.10. The van der Waals surface area contributed by atoms with E-state index in [4.69, 9.17) is 4.42 Å². The van der Waals surface area contributed by atoms with Crippen molar-refractivity contribution < 1.29 is 9.21 Å². The predicted molar refractivity (Wildman–Crippen MR) is 91.7 cm³/mol. The number of carbonyl (C=O) groups is 1. The molecule has 1 saturated heterocycles. The number of halogens is 2. The van der Waals surface area contributed by atoms with Crippen molar-refractivity contribution in [2.45, 2.75) is 13.5 Å². The summed E-state index contributed by atoms with van der Waals surface area (Å²) in [6.45, 7) is 6.06.